The van der Waals surface area contributed by atoms with Crippen molar-refractivity contribution in [3.05, 3.63) is 0 Å². The molecule has 0 unspecified atom stereocenters. The molecule has 0 aromatic carbocycles. The Hall–Kier alpha value is -0.900. The smallest absolute Gasteiger partial charge is 0.302 e. The van der Waals surface area contributed by atoms with Gasteiger partial charge in [0, 0.05) is 12.8 Å². The van der Waals surface area contributed by atoms with Crippen molar-refractivity contribution in [1.82, 2.24) is 0 Å². The molecule has 0 bridgehead atoms. The number of ether oxygens (including phenoxy) is 1. The fourth-order valence-corrected chi connectivity index (χ4v) is 8.20. The Bertz CT molecular complexity index is 615. The second kappa shape index (κ2) is 6.86. The third kappa shape index (κ3) is 2.97. The highest BCUT2D eigenvalue weighted by molar-refractivity contribution is 5.83. The lowest BCUT2D eigenvalue weighted by Gasteiger charge is -2.61. The largest absolute Gasteiger partial charge is 0.463 e. The molecule has 152 valence electrons. The first kappa shape index (κ1) is 19.4. The molecule has 0 aliphatic heterocycles. The van der Waals surface area contributed by atoms with Crippen LogP contribution in [0.1, 0.15) is 78.6 Å². The van der Waals surface area contributed by atoms with Crippen molar-refractivity contribution in [2.45, 2.75) is 84.7 Å². The van der Waals surface area contributed by atoms with Crippen molar-refractivity contribution in [3.63, 3.8) is 0 Å². The van der Waals surface area contributed by atoms with Gasteiger partial charge in [-0.25, -0.2) is 0 Å². The van der Waals surface area contributed by atoms with Crippen LogP contribution in [0.25, 0.3) is 0 Å². The van der Waals surface area contributed by atoms with Crippen LogP contribution in [0, 0.1) is 40.4 Å². The van der Waals surface area contributed by atoms with Crippen molar-refractivity contribution >= 4 is 11.8 Å². The van der Waals surface area contributed by atoms with Crippen LogP contribution >= 0.6 is 0 Å². The number of fused-ring (bicyclic) bond motifs is 5. The summed E-state index contributed by atoms with van der Waals surface area (Å²) in [7, 11) is 0. The van der Waals surface area contributed by atoms with Crippen molar-refractivity contribution in [1.29, 1.82) is 0 Å². The maximum atomic E-state index is 12.4. The van der Waals surface area contributed by atoms with Crippen LogP contribution in [-0.4, -0.2) is 29.6 Å². The summed E-state index contributed by atoms with van der Waals surface area (Å²) in [4.78, 5) is 23.7. The Morgan fingerprint density at radius 3 is 2.37 bits per heavy atom. The monoisotopic (exact) mass is 376 g/mol. The molecule has 0 saturated heterocycles. The van der Waals surface area contributed by atoms with Gasteiger partial charge in [0.1, 0.15) is 12.7 Å². The fraction of sp³-hybridized carbons (Fsp3) is 0.913. The quantitative estimate of drug-likeness (QED) is 0.752. The van der Waals surface area contributed by atoms with Gasteiger partial charge < -0.3 is 9.84 Å². The molecule has 1 N–H and O–H groups in total. The number of ketones is 1. The van der Waals surface area contributed by atoms with Gasteiger partial charge in [0.05, 0.1) is 0 Å². The number of Topliss-reactive ketones (excluding diaryl/α,β-unsaturated/α-hetero) is 1. The number of rotatable bonds is 3. The summed E-state index contributed by atoms with van der Waals surface area (Å²) in [6, 6.07) is 0. The van der Waals surface area contributed by atoms with Crippen LogP contribution in [0.4, 0.5) is 0 Å². The summed E-state index contributed by atoms with van der Waals surface area (Å²) >= 11 is 0. The number of carbonyl (C=O) groups excluding carboxylic acids is 2. The third-order valence-corrected chi connectivity index (χ3v) is 9.49. The van der Waals surface area contributed by atoms with Gasteiger partial charge in [-0.15, -0.1) is 0 Å². The summed E-state index contributed by atoms with van der Waals surface area (Å²) < 4.78 is 5.56. The average Bonchev–Trinajstić information content (AvgIpc) is 2.98. The molecular formula is C23H36O4. The van der Waals surface area contributed by atoms with Crippen LogP contribution in [-0.2, 0) is 14.3 Å². The van der Waals surface area contributed by atoms with Crippen molar-refractivity contribution in [3.8, 4) is 0 Å². The molecule has 4 heteroatoms. The Kier molecular flexibility index (Phi) is 4.93. The highest BCUT2D eigenvalue weighted by atomic mass is 16.5. The predicted molar refractivity (Wildman–Crippen MR) is 103 cm³/mol. The zero-order valence-corrected chi connectivity index (χ0v) is 17.2. The lowest BCUT2D eigenvalue weighted by Crippen LogP contribution is -2.54. The first-order valence-corrected chi connectivity index (χ1v) is 11.1. The van der Waals surface area contributed by atoms with E-state index in [0.717, 1.165) is 43.9 Å². The molecule has 0 amide bonds. The number of hydrogen-bond acceptors (Lipinski definition) is 4. The molecule has 4 nitrogen and oxygen atoms in total. The average molecular weight is 377 g/mol. The SMILES string of the molecule is CC(=O)O[C@@H]1CC[C@]2(C)[C@H](CC[C@H]3[C@H]4CC[C@H](C(=O)CO)[C@@]4(C)CC[C@@H]32)C1. The van der Waals surface area contributed by atoms with Crippen LogP contribution in [0.3, 0.4) is 0 Å². The molecule has 0 aromatic rings. The lowest BCUT2D eigenvalue weighted by atomic mass is 9.44. The van der Waals surface area contributed by atoms with E-state index >= 15 is 0 Å². The first-order valence-electron chi connectivity index (χ1n) is 11.1. The molecule has 4 rings (SSSR count). The van der Waals surface area contributed by atoms with Crippen LogP contribution in [0.15, 0.2) is 0 Å². The Morgan fingerprint density at radius 2 is 1.67 bits per heavy atom. The van der Waals surface area contributed by atoms with Crippen molar-refractivity contribution in [2.75, 3.05) is 6.61 Å². The third-order valence-electron chi connectivity index (χ3n) is 9.49. The summed E-state index contributed by atoms with van der Waals surface area (Å²) in [5.74, 6) is 2.77. The minimum absolute atomic E-state index is 0.0682. The number of hydrogen-bond donors (Lipinski definition) is 1. The van der Waals surface area contributed by atoms with Gasteiger partial charge in [0.25, 0.3) is 0 Å². The summed E-state index contributed by atoms with van der Waals surface area (Å²) in [5.41, 5.74) is 0.457. The van der Waals surface area contributed by atoms with Gasteiger partial charge in [-0.05, 0) is 92.3 Å². The summed E-state index contributed by atoms with van der Waals surface area (Å²) in [6.45, 7) is 6.08. The standard InChI is InChI=1S/C23H36O4/c1-14(25)27-16-8-10-22(2)15(12-16)4-5-17-18-6-7-20(21(26)13-24)23(18,3)11-9-19(17)22/h15-20,24H,4-13H2,1-3H3/t15-,16-,17+,18-,19+,20-,22-,23+/m1/s1. The van der Waals surface area contributed by atoms with Gasteiger partial charge in [0.2, 0.25) is 0 Å². The Balaban J connectivity index is 1.53. The number of esters is 1. The van der Waals surface area contributed by atoms with E-state index in [1.165, 1.54) is 32.6 Å². The molecule has 8 atom stereocenters. The van der Waals surface area contributed by atoms with Crippen LogP contribution in [0.5, 0.6) is 0 Å². The minimum Gasteiger partial charge on any atom is -0.463 e. The molecule has 0 spiro atoms. The molecular weight excluding hydrogens is 340 g/mol. The number of carbonyl (C=O) groups is 2. The lowest BCUT2D eigenvalue weighted by molar-refractivity contribution is -0.161. The molecule has 0 heterocycles. The maximum Gasteiger partial charge on any atom is 0.302 e. The second-order valence-electron chi connectivity index (χ2n) is 10.5. The van der Waals surface area contributed by atoms with E-state index in [-0.39, 0.29) is 35.8 Å². The van der Waals surface area contributed by atoms with E-state index in [2.05, 4.69) is 13.8 Å². The number of aliphatic hydroxyl groups excluding tert-OH is 1. The van der Waals surface area contributed by atoms with Gasteiger partial charge >= 0.3 is 5.97 Å². The molecule has 0 radical (unpaired) electrons. The van der Waals surface area contributed by atoms with Gasteiger partial charge in [-0.3, -0.25) is 9.59 Å². The minimum atomic E-state index is -0.293. The maximum absolute atomic E-state index is 12.4. The second-order valence-corrected chi connectivity index (χ2v) is 10.5. The van der Waals surface area contributed by atoms with Gasteiger partial charge in [-0.2, -0.15) is 0 Å². The molecule has 4 aliphatic rings. The van der Waals surface area contributed by atoms with E-state index in [9.17, 15) is 14.7 Å². The van der Waals surface area contributed by atoms with Gasteiger partial charge in [-0.1, -0.05) is 13.8 Å². The molecule has 4 fully saturated rings. The molecule has 4 saturated carbocycles. The van der Waals surface area contributed by atoms with E-state index in [4.69, 9.17) is 4.74 Å². The normalized spacial score (nSPS) is 48.9. The topological polar surface area (TPSA) is 63.6 Å². The highest BCUT2D eigenvalue weighted by Gasteiger charge is 2.61. The summed E-state index contributed by atoms with van der Waals surface area (Å²) in [6.07, 6.45) is 10.3. The Labute approximate surface area is 163 Å². The van der Waals surface area contributed by atoms with Crippen molar-refractivity contribution < 1.29 is 19.4 Å². The van der Waals surface area contributed by atoms with E-state index in [0.29, 0.717) is 17.3 Å². The molecule has 4 aliphatic carbocycles. The Morgan fingerprint density at radius 1 is 0.963 bits per heavy atom. The van der Waals surface area contributed by atoms with E-state index in [1.807, 2.05) is 0 Å². The fourth-order valence-electron chi connectivity index (χ4n) is 8.20. The molecule has 0 aromatic heterocycles. The van der Waals surface area contributed by atoms with Crippen LogP contribution < -0.4 is 0 Å². The molecule has 27 heavy (non-hydrogen) atoms. The van der Waals surface area contributed by atoms with Gasteiger partial charge in [0.15, 0.2) is 5.78 Å². The first-order chi connectivity index (χ1) is 12.8. The van der Waals surface area contributed by atoms with E-state index < -0.39 is 0 Å². The number of aliphatic hydroxyl groups is 1. The predicted octanol–water partition coefficient (Wildman–Crippen LogP) is 4.14. The van der Waals surface area contributed by atoms with Crippen molar-refractivity contribution in [2.24, 2.45) is 40.4 Å². The zero-order valence-electron chi connectivity index (χ0n) is 17.2. The highest BCUT2D eigenvalue weighted by Crippen LogP contribution is 2.67. The van der Waals surface area contributed by atoms with Crippen LogP contribution in [0.2, 0.25) is 0 Å². The van der Waals surface area contributed by atoms with E-state index in [1.54, 1.807) is 0 Å². The zero-order chi connectivity index (χ0) is 19.4. The summed E-state index contributed by atoms with van der Waals surface area (Å²) in [5, 5.41) is 9.43.